The van der Waals surface area contributed by atoms with E-state index in [1.807, 2.05) is 12.1 Å². The second-order valence-electron chi connectivity index (χ2n) is 7.88. The fourth-order valence-electron chi connectivity index (χ4n) is 4.13. The average Bonchev–Trinajstić information content (AvgIpc) is 3.02. The third-order valence-corrected chi connectivity index (χ3v) is 5.36. The number of carbonyl (C=O) groups excluding carboxylic acids is 2. The smallest absolute Gasteiger partial charge is 0.311 e. The van der Waals surface area contributed by atoms with Crippen LogP contribution < -0.4 is 18.9 Å². The predicted molar refractivity (Wildman–Crippen MR) is 111 cm³/mol. The number of Topliss-reactive ketones (excluding diaryl/α,β-unsaturated/α-hetero) is 1. The number of rotatable bonds is 5. The summed E-state index contributed by atoms with van der Waals surface area (Å²) in [6, 6.07) is 8.78. The van der Waals surface area contributed by atoms with Crippen molar-refractivity contribution in [3.8, 4) is 23.0 Å². The van der Waals surface area contributed by atoms with E-state index >= 15 is 0 Å². The van der Waals surface area contributed by atoms with Gasteiger partial charge in [-0.25, -0.2) is 0 Å². The van der Waals surface area contributed by atoms with Crippen molar-refractivity contribution in [3.05, 3.63) is 52.8 Å². The number of carbonyl (C=O) groups is 2. The molecule has 6 heteroatoms. The zero-order valence-electron chi connectivity index (χ0n) is 17.5. The van der Waals surface area contributed by atoms with E-state index in [0.717, 1.165) is 12.0 Å². The van der Waals surface area contributed by atoms with Gasteiger partial charge in [-0.3, -0.25) is 9.59 Å². The van der Waals surface area contributed by atoms with Crippen LogP contribution in [0, 0.1) is 5.92 Å². The molecule has 0 saturated heterocycles. The first-order valence-electron chi connectivity index (χ1n) is 9.95. The van der Waals surface area contributed by atoms with Gasteiger partial charge in [0.1, 0.15) is 11.5 Å². The monoisotopic (exact) mass is 408 g/mol. The van der Waals surface area contributed by atoms with Crippen LogP contribution in [0.15, 0.2) is 36.1 Å². The molecule has 0 aliphatic carbocycles. The summed E-state index contributed by atoms with van der Waals surface area (Å²) in [5.74, 6) is 2.13. The molecule has 0 bridgehead atoms. The van der Waals surface area contributed by atoms with Crippen LogP contribution in [-0.2, 0) is 4.79 Å². The maximum absolute atomic E-state index is 13.1. The summed E-state index contributed by atoms with van der Waals surface area (Å²) in [6.45, 7) is 4.21. The van der Waals surface area contributed by atoms with Gasteiger partial charge in [-0.1, -0.05) is 26.0 Å². The number of esters is 1. The van der Waals surface area contributed by atoms with Gasteiger partial charge in [0.05, 0.1) is 26.2 Å². The number of ketones is 1. The van der Waals surface area contributed by atoms with E-state index in [2.05, 4.69) is 13.8 Å². The number of benzene rings is 2. The second-order valence-corrected chi connectivity index (χ2v) is 7.88. The van der Waals surface area contributed by atoms with E-state index in [9.17, 15) is 9.59 Å². The first-order valence-corrected chi connectivity index (χ1v) is 9.95. The largest absolute Gasteiger partial charge is 0.493 e. The molecule has 0 amide bonds. The Hall–Kier alpha value is -3.28. The van der Waals surface area contributed by atoms with Crippen molar-refractivity contribution < 1.29 is 28.5 Å². The summed E-state index contributed by atoms with van der Waals surface area (Å²) in [4.78, 5) is 25.1. The minimum Gasteiger partial charge on any atom is -0.493 e. The third-order valence-electron chi connectivity index (χ3n) is 5.36. The standard InChI is InChI=1S/C24H24O6/c1-13(2)10-15-12-20(25)29-17-9-8-16-22(26)19(30-24(16)21(15)17)11-14-6-5-7-18(27-3)23(14)28-4/h5-9,11,13,15H,10,12H2,1-4H3/b19-11-/t15-/m0/s1. The van der Waals surface area contributed by atoms with Crippen molar-refractivity contribution in [1.29, 1.82) is 0 Å². The van der Waals surface area contributed by atoms with Gasteiger partial charge in [0, 0.05) is 17.0 Å². The second kappa shape index (κ2) is 7.86. The topological polar surface area (TPSA) is 71.1 Å². The minimum absolute atomic E-state index is 0.0466. The highest BCUT2D eigenvalue weighted by atomic mass is 16.5. The van der Waals surface area contributed by atoms with Crippen LogP contribution in [0.5, 0.6) is 23.0 Å². The van der Waals surface area contributed by atoms with E-state index in [4.69, 9.17) is 18.9 Å². The summed E-state index contributed by atoms with van der Waals surface area (Å²) in [5, 5.41) is 0. The summed E-state index contributed by atoms with van der Waals surface area (Å²) in [6.07, 6.45) is 2.74. The molecule has 2 heterocycles. The number of methoxy groups -OCH3 is 2. The molecule has 1 atom stereocenters. The Labute approximate surface area is 175 Å². The molecule has 156 valence electrons. The van der Waals surface area contributed by atoms with Crippen molar-refractivity contribution in [1.82, 2.24) is 0 Å². The zero-order valence-corrected chi connectivity index (χ0v) is 17.5. The molecule has 2 aromatic rings. The van der Waals surface area contributed by atoms with Crippen LogP contribution >= 0.6 is 0 Å². The fraction of sp³-hybridized carbons (Fsp3) is 0.333. The van der Waals surface area contributed by atoms with E-state index in [1.165, 1.54) is 0 Å². The summed E-state index contributed by atoms with van der Waals surface area (Å²) in [7, 11) is 3.11. The summed E-state index contributed by atoms with van der Waals surface area (Å²) < 4.78 is 22.3. The lowest BCUT2D eigenvalue weighted by atomic mass is 9.84. The number of hydrogen-bond acceptors (Lipinski definition) is 6. The van der Waals surface area contributed by atoms with Crippen LogP contribution in [0.4, 0.5) is 0 Å². The first kappa shape index (κ1) is 20.0. The Morgan fingerprint density at radius 2 is 1.90 bits per heavy atom. The number of allylic oxidation sites excluding steroid dienone is 1. The van der Waals surface area contributed by atoms with Crippen molar-refractivity contribution >= 4 is 17.8 Å². The molecular formula is C24H24O6. The van der Waals surface area contributed by atoms with Gasteiger partial charge in [0.15, 0.2) is 17.3 Å². The van der Waals surface area contributed by atoms with E-state index in [-0.39, 0.29) is 29.9 Å². The maximum atomic E-state index is 13.1. The lowest BCUT2D eigenvalue weighted by Crippen LogP contribution is -2.21. The van der Waals surface area contributed by atoms with Crippen molar-refractivity contribution in [2.45, 2.75) is 32.6 Å². The molecule has 30 heavy (non-hydrogen) atoms. The van der Waals surface area contributed by atoms with Crippen LogP contribution in [0.2, 0.25) is 0 Å². The molecule has 2 aliphatic rings. The Bertz CT molecular complexity index is 1050. The fourth-order valence-corrected chi connectivity index (χ4v) is 4.13. The number of para-hydroxylation sites is 1. The van der Waals surface area contributed by atoms with Crippen molar-refractivity contribution in [3.63, 3.8) is 0 Å². The molecule has 0 spiro atoms. The van der Waals surface area contributed by atoms with Crippen LogP contribution in [0.25, 0.3) is 6.08 Å². The third kappa shape index (κ3) is 3.43. The average molecular weight is 408 g/mol. The molecule has 4 rings (SSSR count). The Kier molecular flexibility index (Phi) is 5.24. The maximum Gasteiger partial charge on any atom is 0.311 e. The van der Waals surface area contributed by atoms with Crippen LogP contribution in [-0.4, -0.2) is 26.0 Å². The minimum atomic E-state index is -0.255. The molecule has 0 N–H and O–H groups in total. The molecule has 2 aromatic carbocycles. The van der Waals surface area contributed by atoms with Crippen molar-refractivity contribution in [2.75, 3.05) is 14.2 Å². The molecule has 0 aromatic heterocycles. The van der Waals surface area contributed by atoms with Gasteiger partial charge in [-0.15, -0.1) is 0 Å². The van der Waals surface area contributed by atoms with Gasteiger partial charge in [-0.2, -0.15) is 0 Å². The molecule has 0 fully saturated rings. The molecule has 6 nitrogen and oxygen atoms in total. The molecular weight excluding hydrogens is 384 g/mol. The highest BCUT2D eigenvalue weighted by molar-refractivity contribution is 6.15. The Balaban J connectivity index is 1.78. The van der Waals surface area contributed by atoms with Crippen LogP contribution in [0.3, 0.4) is 0 Å². The predicted octanol–water partition coefficient (Wildman–Crippen LogP) is 4.76. The highest BCUT2D eigenvalue weighted by Crippen LogP contribution is 2.48. The van der Waals surface area contributed by atoms with Gasteiger partial charge >= 0.3 is 5.97 Å². The summed E-state index contributed by atoms with van der Waals surface area (Å²) in [5.41, 5.74) is 1.95. The van der Waals surface area contributed by atoms with Crippen molar-refractivity contribution in [2.24, 2.45) is 5.92 Å². The normalized spacial score (nSPS) is 18.7. The van der Waals surface area contributed by atoms with Gasteiger partial charge in [-0.05, 0) is 36.6 Å². The summed E-state index contributed by atoms with van der Waals surface area (Å²) >= 11 is 0. The SMILES string of the molecule is COc1cccc(/C=C2\Oc3c(ccc4c3[C@@H](CC(C)C)CC(=O)O4)C2=O)c1OC. The molecule has 0 unspecified atom stereocenters. The lowest BCUT2D eigenvalue weighted by Gasteiger charge is -2.27. The number of ether oxygens (including phenoxy) is 4. The lowest BCUT2D eigenvalue weighted by molar-refractivity contribution is -0.136. The number of hydrogen-bond donors (Lipinski definition) is 0. The van der Waals surface area contributed by atoms with E-state index in [0.29, 0.717) is 40.0 Å². The van der Waals surface area contributed by atoms with E-state index < -0.39 is 0 Å². The zero-order chi connectivity index (χ0) is 21.4. The quantitative estimate of drug-likeness (QED) is 0.404. The number of fused-ring (bicyclic) bond motifs is 3. The molecule has 2 aliphatic heterocycles. The highest BCUT2D eigenvalue weighted by Gasteiger charge is 2.38. The molecule has 0 saturated carbocycles. The van der Waals surface area contributed by atoms with Gasteiger partial charge < -0.3 is 18.9 Å². The molecule has 0 radical (unpaired) electrons. The van der Waals surface area contributed by atoms with E-state index in [1.54, 1.807) is 38.5 Å². The first-order chi connectivity index (χ1) is 14.4. The Morgan fingerprint density at radius 3 is 2.60 bits per heavy atom. The van der Waals surface area contributed by atoms with Gasteiger partial charge in [0.25, 0.3) is 0 Å². The van der Waals surface area contributed by atoms with Crippen LogP contribution in [0.1, 0.15) is 54.1 Å². The Morgan fingerprint density at radius 1 is 1.10 bits per heavy atom. The van der Waals surface area contributed by atoms with Gasteiger partial charge in [0.2, 0.25) is 5.78 Å².